The minimum absolute atomic E-state index is 0.0200. The Balaban J connectivity index is 1.45. The van der Waals surface area contributed by atoms with Gasteiger partial charge in [0.1, 0.15) is 5.82 Å². The van der Waals surface area contributed by atoms with Gasteiger partial charge in [0.15, 0.2) is 0 Å². The highest BCUT2D eigenvalue weighted by Crippen LogP contribution is 2.20. The first-order valence-electron chi connectivity index (χ1n) is 7.91. The van der Waals surface area contributed by atoms with E-state index in [1.807, 2.05) is 6.20 Å². The second-order valence-corrected chi connectivity index (χ2v) is 6.09. The molecule has 1 aromatic heterocycles. The molecule has 1 N–H and O–H groups in total. The molecule has 1 aromatic carbocycles. The van der Waals surface area contributed by atoms with Crippen LogP contribution in [0.5, 0.6) is 0 Å². The molecule has 1 aliphatic carbocycles. The average Bonchev–Trinajstić information content (AvgIpc) is 3.27. The number of imidazole rings is 1. The van der Waals surface area contributed by atoms with Crippen molar-refractivity contribution in [3.8, 4) is 0 Å². The maximum atomic E-state index is 12.6. The van der Waals surface area contributed by atoms with Crippen LogP contribution in [0.25, 0.3) is 0 Å². The van der Waals surface area contributed by atoms with Crippen LogP contribution in [0.15, 0.2) is 36.7 Å². The third-order valence-corrected chi connectivity index (χ3v) is 4.34. The maximum absolute atomic E-state index is 12.6. The summed E-state index contributed by atoms with van der Waals surface area (Å²) in [5.74, 6) is 0.824. The van der Waals surface area contributed by atoms with E-state index >= 15 is 0 Å². The Labute approximate surface area is 134 Å². The number of aromatic nitrogens is 2. The van der Waals surface area contributed by atoms with Crippen molar-refractivity contribution in [3.63, 3.8) is 0 Å². The molecule has 0 radical (unpaired) electrons. The zero-order valence-electron chi connectivity index (χ0n) is 12.7. The van der Waals surface area contributed by atoms with Crippen LogP contribution in [-0.2, 0) is 13.1 Å². The summed E-state index contributed by atoms with van der Waals surface area (Å²) in [6, 6.07) is 7.23. The molecule has 6 nitrogen and oxygen atoms in total. The SMILES string of the molecule is O=C(NC1CC1)c1ccc(C(=O)N2CCn3ccnc3C2)cc1. The fourth-order valence-electron chi connectivity index (χ4n) is 2.79. The normalized spacial score (nSPS) is 16.8. The molecule has 2 aromatic rings. The van der Waals surface area contributed by atoms with Gasteiger partial charge < -0.3 is 14.8 Å². The minimum Gasteiger partial charge on any atom is -0.349 e. The lowest BCUT2D eigenvalue weighted by Crippen LogP contribution is -2.38. The predicted octanol–water partition coefficient (Wildman–Crippen LogP) is 1.43. The molecule has 0 saturated heterocycles. The Morgan fingerprint density at radius 3 is 2.57 bits per heavy atom. The first-order chi connectivity index (χ1) is 11.2. The first kappa shape index (κ1) is 14.0. The lowest BCUT2D eigenvalue weighted by atomic mass is 10.1. The molecule has 0 atom stereocenters. The highest BCUT2D eigenvalue weighted by Gasteiger charge is 2.25. The van der Waals surface area contributed by atoms with Gasteiger partial charge in [-0.2, -0.15) is 0 Å². The predicted molar refractivity (Wildman–Crippen MR) is 83.9 cm³/mol. The van der Waals surface area contributed by atoms with Crippen molar-refractivity contribution in [2.24, 2.45) is 0 Å². The number of benzene rings is 1. The van der Waals surface area contributed by atoms with Gasteiger partial charge in [-0.3, -0.25) is 9.59 Å². The zero-order valence-corrected chi connectivity index (χ0v) is 12.7. The van der Waals surface area contributed by atoms with Crippen molar-refractivity contribution in [2.45, 2.75) is 32.0 Å². The van der Waals surface area contributed by atoms with Crippen LogP contribution < -0.4 is 5.32 Å². The summed E-state index contributed by atoms with van der Waals surface area (Å²) in [5.41, 5.74) is 1.20. The maximum Gasteiger partial charge on any atom is 0.254 e. The zero-order chi connectivity index (χ0) is 15.8. The number of rotatable bonds is 3. The molecule has 1 fully saturated rings. The molecule has 2 heterocycles. The van der Waals surface area contributed by atoms with E-state index in [1.54, 1.807) is 35.4 Å². The third-order valence-electron chi connectivity index (χ3n) is 4.34. The summed E-state index contributed by atoms with van der Waals surface area (Å²) in [7, 11) is 0. The fraction of sp³-hybridized carbons (Fsp3) is 0.353. The molecule has 0 bridgehead atoms. The molecule has 4 rings (SSSR count). The monoisotopic (exact) mass is 310 g/mol. The van der Waals surface area contributed by atoms with Crippen LogP contribution >= 0.6 is 0 Å². The summed E-state index contributed by atoms with van der Waals surface area (Å²) in [5, 5.41) is 2.94. The van der Waals surface area contributed by atoms with Gasteiger partial charge in [-0.05, 0) is 37.1 Å². The van der Waals surface area contributed by atoms with Crippen LogP contribution in [0.4, 0.5) is 0 Å². The molecule has 2 amide bonds. The lowest BCUT2D eigenvalue weighted by Gasteiger charge is -2.27. The highest BCUT2D eigenvalue weighted by molar-refractivity contribution is 5.98. The number of carbonyl (C=O) groups is 2. The molecule has 0 unspecified atom stereocenters. The largest absolute Gasteiger partial charge is 0.349 e. The quantitative estimate of drug-likeness (QED) is 0.932. The molecular formula is C17H18N4O2. The fourth-order valence-corrected chi connectivity index (χ4v) is 2.79. The number of nitrogens with zero attached hydrogens (tertiary/aromatic N) is 3. The van der Waals surface area contributed by atoms with Crippen molar-refractivity contribution < 1.29 is 9.59 Å². The topological polar surface area (TPSA) is 67.2 Å². The van der Waals surface area contributed by atoms with Crippen LogP contribution in [-0.4, -0.2) is 38.9 Å². The van der Waals surface area contributed by atoms with Crippen molar-refractivity contribution >= 4 is 11.8 Å². The van der Waals surface area contributed by atoms with Gasteiger partial charge in [0.25, 0.3) is 11.8 Å². The highest BCUT2D eigenvalue weighted by atomic mass is 16.2. The Kier molecular flexibility index (Phi) is 3.37. The number of nitrogens with one attached hydrogen (secondary N) is 1. The molecule has 6 heteroatoms. The Morgan fingerprint density at radius 1 is 1.09 bits per heavy atom. The van der Waals surface area contributed by atoms with Gasteiger partial charge >= 0.3 is 0 Å². The number of fused-ring (bicyclic) bond motifs is 1. The Morgan fingerprint density at radius 2 is 1.83 bits per heavy atom. The summed E-state index contributed by atoms with van der Waals surface area (Å²) in [6.07, 6.45) is 5.82. The smallest absolute Gasteiger partial charge is 0.254 e. The molecule has 118 valence electrons. The Bertz CT molecular complexity index is 746. The summed E-state index contributed by atoms with van der Waals surface area (Å²) in [6.45, 7) is 1.96. The number of hydrogen-bond acceptors (Lipinski definition) is 3. The van der Waals surface area contributed by atoms with Crippen LogP contribution in [0.3, 0.4) is 0 Å². The molecule has 23 heavy (non-hydrogen) atoms. The number of amides is 2. The average molecular weight is 310 g/mol. The molecule has 1 saturated carbocycles. The van der Waals surface area contributed by atoms with E-state index < -0.39 is 0 Å². The standard InChI is InChI=1S/C17H18N4O2/c22-16(19-14-5-6-14)12-1-3-13(4-2-12)17(23)21-10-9-20-8-7-18-15(20)11-21/h1-4,7-8,14H,5-6,9-11H2,(H,19,22). The number of hydrogen-bond donors (Lipinski definition) is 1. The van der Waals surface area contributed by atoms with Gasteiger partial charge in [-0.25, -0.2) is 4.98 Å². The summed E-state index contributed by atoms with van der Waals surface area (Å²) >= 11 is 0. The second-order valence-electron chi connectivity index (χ2n) is 6.09. The van der Waals surface area contributed by atoms with Gasteiger partial charge in [0.05, 0.1) is 6.54 Å². The van der Waals surface area contributed by atoms with E-state index in [2.05, 4.69) is 14.9 Å². The van der Waals surface area contributed by atoms with Crippen molar-refractivity contribution in [2.75, 3.05) is 6.54 Å². The molecule has 1 aliphatic heterocycles. The lowest BCUT2D eigenvalue weighted by molar-refractivity contribution is 0.0707. The van der Waals surface area contributed by atoms with Crippen molar-refractivity contribution in [1.29, 1.82) is 0 Å². The summed E-state index contributed by atoms with van der Waals surface area (Å²) < 4.78 is 2.06. The summed E-state index contributed by atoms with van der Waals surface area (Å²) in [4.78, 5) is 30.6. The van der Waals surface area contributed by atoms with E-state index in [4.69, 9.17) is 0 Å². The Hall–Kier alpha value is -2.63. The van der Waals surface area contributed by atoms with Gasteiger partial charge in [0.2, 0.25) is 0 Å². The second kappa shape index (κ2) is 5.53. The van der Waals surface area contributed by atoms with E-state index in [9.17, 15) is 9.59 Å². The van der Waals surface area contributed by atoms with Gasteiger partial charge in [-0.15, -0.1) is 0 Å². The molecule has 0 spiro atoms. The van der Waals surface area contributed by atoms with Gasteiger partial charge in [-0.1, -0.05) is 0 Å². The van der Waals surface area contributed by atoms with Crippen LogP contribution in [0.2, 0.25) is 0 Å². The van der Waals surface area contributed by atoms with E-state index in [-0.39, 0.29) is 11.8 Å². The van der Waals surface area contributed by atoms with Crippen LogP contribution in [0.1, 0.15) is 39.4 Å². The van der Waals surface area contributed by atoms with Crippen LogP contribution in [0, 0.1) is 0 Å². The number of carbonyl (C=O) groups excluding carboxylic acids is 2. The van der Waals surface area contributed by atoms with E-state index in [0.717, 1.165) is 25.2 Å². The van der Waals surface area contributed by atoms with Gasteiger partial charge in [0, 0.05) is 42.7 Å². The minimum atomic E-state index is -0.0634. The third kappa shape index (κ3) is 2.84. The van der Waals surface area contributed by atoms with E-state index in [1.165, 1.54) is 0 Å². The first-order valence-corrected chi connectivity index (χ1v) is 7.91. The molecule has 2 aliphatic rings. The molecular weight excluding hydrogens is 292 g/mol. The van der Waals surface area contributed by atoms with Crippen molar-refractivity contribution in [3.05, 3.63) is 53.6 Å². The van der Waals surface area contributed by atoms with E-state index in [0.29, 0.717) is 30.3 Å². The van der Waals surface area contributed by atoms with Crippen molar-refractivity contribution in [1.82, 2.24) is 19.8 Å².